The summed E-state index contributed by atoms with van der Waals surface area (Å²) in [5.74, 6) is 0.130. The molecule has 0 fully saturated rings. The molecule has 0 radical (unpaired) electrons. The summed E-state index contributed by atoms with van der Waals surface area (Å²) in [5.41, 5.74) is 3.63. The highest BCUT2D eigenvalue weighted by Gasteiger charge is 2.08. The highest BCUT2D eigenvalue weighted by atomic mass is 79.9. The molecule has 2 rings (SSSR count). The molecule has 0 aromatic heterocycles. The summed E-state index contributed by atoms with van der Waals surface area (Å²) in [6.45, 7) is 3.87. The molecule has 2 aromatic carbocycles. The minimum atomic E-state index is -3.24. The lowest BCUT2D eigenvalue weighted by atomic mass is 10.2. The first-order valence-electron chi connectivity index (χ1n) is 7.03. The fourth-order valence-corrected chi connectivity index (χ4v) is 3.65. The van der Waals surface area contributed by atoms with Gasteiger partial charge in [0.25, 0.3) is 0 Å². The van der Waals surface area contributed by atoms with E-state index in [1.165, 1.54) is 0 Å². The molecule has 0 bridgehead atoms. The number of hydrogen-bond donors (Lipinski definition) is 2. The van der Waals surface area contributed by atoms with Crippen LogP contribution < -0.4 is 10.0 Å². The van der Waals surface area contributed by atoms with E-state index in [0.717, 1.165) is 21.4 Å². The van der Waals surface area contributed by atoms with Crippen LogP contribution in [0, 0.1) is 6.92 Å². The Labute approximate surface area is 140 Å². The maximum absolute atomic E-state index is 11.7. The fraction of sp³-hybridized carbons (Fsp3) is 0.250. The molecule has 0 spiro atoms. The van der Waals surface area contributed by atoms with E-state index >= 15 is 0 Å². The summed E-state index contributed by atoms with van der Waals surface area (Å²) in [7, 11) is -3.24. The molecule has 0 unspecified atom stereocenters. The number of rotatable bonds is 6. The van der Waals surface area contributed by atoms with Gasteiger partial charge in [0.2, 0.25) is 10.0 Å². The van der Waals surface area contributed by atoms with Crippen LogP contribution in [0.5, 0.6) is 0 Å². The Kier molecular flexibility index (Phi) is 5.47. The number of anilines is 3. The van der Waals surface area contributed by atoms with E-state index in [9.17, 15) is 8.42 Å². The first-order valence-corrected chi connectivity index (χ1v) is 9.48. The predicted molar refractivity (Wildman–Crippen MR) is 96.3 cm³/mol. The minimum Gasteiger partial charge on any atom is -0.355 e. The molecule has 0 heterocycles. The van der Waals surface area contributed by atoms with Crippen molar-refractivity contribution in [2.45, 2.75) is 20.3 Å². The van der Waals surface area contributed by atoms with E-state index in [4.69, 9.17) is 0 Å². The highest BCUT2D eigenvalue weighted by Crippen LogP contribution is 2.24. The second kappa shape index (κ2) is 7.15. The van der Waals surface area contributed by atoms with Gasteiger partial charge in [0.1, 0.15) is 0 Å². The molecule has 0 aliphatic heterocycles. The van der Waals surface area contributed by atoms with Gasteiger partial charge in [-0.25, -0.2) is 8.42 Å². The first-order chi connectivity index (χ1) is 10.4. The lowest BCUT2D eigenvalue weighted by Gasteiger charge is -2.11. The van der Waals surface area contributed by atoms with Crippen molar-refractivity contribution in [3.8, 4) is 0 Å². The monoisotopic (exact) mass is 382 g/mol. The van der Waals surface area contributed by atoms with Crippen molar-refractivity contribution in [3.63, 3.8) is 0 Å². The summed E-state index contributed by atoms with van der Waals surface area (Å²) < 4.78 is 27.0. The van der Waals surface area contributed by atoms with Gasteiger partial charge in [-0.2, -0.15) is 0 Å². The number of halogens is 1. The van der Waals surface area contributed by atoms with Gasteiger partial charge in [0.15, 0.2) is 0 Å². The number of nitrogens with one attached hydrogen (secondary N) is 2. The smallest absolute Gasteiger partial charge is 0.232 e. The van der Waals surface area contributed by atoms with Crippen LogP contribution >= 0.6 is 15.9 Å². The summed E-state index contributed by atoms with van der Waals surface area (Å²) in [5, 5.41) is 3.32. The normalized spacial score (nSPS) is 11.2. The average Bonchev–Trinajstić information content (AvgIpc) is 2.43. The van der Waals surface area contributed by atoms with E-state index in [1.807, 2.05) is 44.2 Å². The predicted octanol–water partition coefficient (Wildman–Crippen LogP) is 4.65. The SMILES string of the molecule is CCCS(=O)(=O)Nc1ccc(Nc2ccc(Br)cc2C)cc1. The van der Waals surface area contributed by atoms with Crippen molar-refractivity contribution in [1.29, 1.82) is 0 Å². The number of sulfonamides is 1. The molecule has 0 saturated heterocycles. The molecule has 0 amide bonds. The summed E-state index contributed by atoms with van der Waals surface area (Å²) in [4.78, 5) is 0. The molecule has 0 aliphatic carbocycles. The highest BCUT2D eigenvalue weighted by molar-refractivity contribution is 9.10. The van der Waals surface area contributed by atoms with Crippen molar-refractivity contribution >= 4 is 43.0 Å². The lowest BCUT2D eigenvalue weighted by molar-refractivity contribution is 0.600. The quantitative estimate of drug-likeness (QED) is 0.763. The summed E-state index contributed by atoms with van der Waals surface area (Å²) in [6, 6.07) is 13.2. The number of hydrogen-bond acceptors (Lipinski definition) is 3. The van der Waals surface area contributed by atoms with Crippen LogP contribution in [0.1, 0.15) is 18.9 Å². The van der Waals surface area contributed by atoms with Crippen LogP contribution in [-0.2, 0) is 10.0 Å². The van der Waals surface area contributed by atoms with Crippen LogP contribution in [0.4, 0.5) is 17.1 Å². The Balaban J connectivity index is 2.09. The van der Waals surface area contributed by atoms with Gasteiger partial charge < -0.3 is 5.32 Å². The van der Waals surface area contributed by atoms with Crippen LogP contribution in [0.2, 0.25) is 0 Å². The van der Waals surface area contributed by atoms with Gasteiger partial charge in [0.05, 0.1) is 5.75 Å². The van der Waals surface area contributed by atoms with E-state index in [1.54, 1.807) is 12.1 Å². The molecular formula is C16H19BrN2O2S. The molecule has 4 nitrogen and oxygen atoms in total. The van der Waals surface area contributed by atoms with Crippen molar-refractivity contribution in [2.75, 3.05) is 15.8 Å². The zero-order chi connectivity index (χ0) is 16.2. The molecule has 22 heavy (non-hydrogen) atoms. The maximum Gasteiger partial charge on any atom is 0.232 e. The van der Waals surface area contributed by atoms with Crippen molar-refractivity contribution in [1.82, 2.24) is 0 Å². The van der Waals surface area contributed by atoms with E-state index in [-0.39, 0.29) is 5.75 Å². The Morgan fingerprint density at radius 3 is 2.27 bits per heavy atom. The molecule has 118 valence electrons. The molecule has 0 saturated carbocycles. The summed E-state index contributed by atoms with van der Waals surface area (Å²) in [6.07, 6.45) is 0.595. The molecule has 6 heteroatoms. The minimum absolute atomic E-state index is 0.130. The van der Waals surface area contributed by atoms with Gasteiger partial charge in [-0.15, -0.1) is 0 Å². The zero-order valence-corrected chi connectivity index (χ0v) is 15.0. The van der Waals surface area contributed by atoms with Crippen LogP contribution in [0.3, 0.4) is 0 Å². The van der Waals surface area contributed by atoms with Crippen molar-refractivity contribution in [3.05, 3.63) is 52.5 Å². The third-order valence-corrected chi connectivity index (χ3v) is 5.08. The van der Waals surface area contributed by atoms with E-state index in [2.05, 4.69) is 26.0 Å². The maximum atomic E-state index is 11.7. The molecule has 0 atom stereocenters. The average molecular weight is 383 g/mol. The zero-order valence-electron chi connectivity index (χ0n) is 12.6. The Bertz CT molecular complexity index is 743. The number of aryl methyl sites for hydroxylation is 1. The van der Waals surface area contributed by atoms with Crippen molar-refractivity contribution < 1.29 is 8.42 Å². The van der Waals surface area contributed by atoms with Gasteiger partial charge in [-0.1, -0.05) is 22.9 Å². The first kappa shape index (κ1) is 16.8. The number of benzene rings is 2. The van der Waals surface area contributed by atoms with Crippen LogP contribution in [0.25, 0.3) is 0 Å². The molecule has 2 N–H and O–H groups in total. The fourth-order valence-electron chi connectivity index (χ4n) is 2.04. The molecule has 2 aromatic rings. The lowest BCUT2D eigenvalue weighted by Crippen LogP contribution is -2.15. The van der Waals surface area contributed by atoms with E-state index < -0.39 is 10.0 Å². The van der Waals surface area contributed by atoms with Gasteiger partial charge >= 0.3 is 0 Å². The van der Waals surface area contributed by atoms with Gasteiger partial charge in [0, 0.05) is 21.5 Å². The van der Waals surface area contributed by atoms with E-state index in [0.29, 0.717) is 12.1 Å². The molecule has 0 aliphatic rings. The van der Waals surface area contributed by atoms with Crippen LogP contribution in [-0.4, -0.2) is 14.2 Å². The molecular weight excluding hydrogens is 364 g/mol. The van der Waals surface area contributed by atoms with Crippen LogP contribution in [0.15, 0.2) is 46.9 Å². The third-order valence-electron chi connectivity index (χ3n) is 3.10. The topological polar surface area (TPSA) is 58.2 Å². The third kappa shape index (κ3) is 4.74. The second-order valence-electron chi connectivity index (χ2n) is 5.08. The largest absolute Gasteiger partial charge is 0.355 e. The Morgan fingerprint density at radius 1 is 1.05 bits per heavy atom. The van der Waals surface area contributed by atoms with Gasteiger partial charge in [-0.3, -0.25) is 4.72 Å². The summed E-state index contributed by atoms with van der Waals surface area (Å²) >= 11 is 3.44. The Morgan fingerprint density at radius 2 is 1.68 bits per heavy atom. The van der Waals surface area contributed by atoms with Gasteiger partial charge in [-0.05, 0) is 61.4 Å². The standard InChI is InChI=1S/C16H19BrN2O2S/c1-3-10-22(20,21)19-15-7-5-14(6-8-15)18-16-9-4-13(17)11-12(16)2/h4-9,11,18-19H,3,10H2,1-2H3. The Hall–Kier alpha value is -1.53. The van der Waals surface area contributed by atoms with Crippen molar-refractivity contribution in [2.24, 2.45) is 0 Å². The second-order valence-corrected chi connectivity index (χ2v) is 7.84.